The number of ether oxygens (including phenoxy) is 1. The van der Waals surface area contributed by atoms with E-state index in [0.29, 0.717) is 0 Å². The molecule has 122 valence electrons. The van der Waals surface area contributed by atoms with Gasteiger partial charge in [-0.2, -0.15) is 13.2 Å². The lowest BCUT2D eigenvalue weighted by Gasteiger charge is -2.13. The Morgan fingerprint density at radius 3 is 2.17 bits per heavy atom. The van der Waals surface area contributed by atoms with Crippen LogP contribution in [0.3, 0.4) is 0 Å². The Morgan fingerprint density at radius 1 is 1.13 bits per heavy atom. The molecule has 0 saturated heterocycles. The Kier molecular flexibility index (Phi) is 5.08. The Morgan fingerprint density at radius 2 is 1.70 bits per heavy atom. The molecule has 9 heteroatoms. The van der Waals surface area contributed by atoms with Crippen molar-refractivity contribution in [2.45, 2.75) is 6.18 Å². The molecule has 0 spiro atoms. The van der Waals surface area contributed by atoms with Gasteiger partial charge in [-0.15, -0.1) is 0 Å². The van der Waals surface area contributed by atoms with E-state index >= 15 is 0 Å². The van der Waals surface area contributed by atoms with Crippen molar-refractivity contribution < 1.29 is 22.7 Å². The maximum atomic E-state index is 13.1. The molecule has 23 heavy (non-hydrogen) atoms. The van der Waals surface area contributed by atoms with Gasteiger partial charge in [0.1, 0.15) is 0 Å². The van der Waals surface area contributed by atoms with E-state index in [9.17, 15) is 18.0 Å². The van der Waals surface area contributed by atoms with Crippen molar-refractivity contribution in [2.75, 3.05) is 7.11 Å². The molecular weight excluding hydrogens is 378 g/mol. The van der Waals surface area contributed by atoms with Crippen LogP contribution in [0.5, 0.6) is 0 Å². The third-order valence-electron chi connectivity index (χ3n) is 2.83. The standard InChI is InChI=1S/C14H7Cl3F3NO2/c1-23-13(22)7-2-3-10(21-12(7)14(18,19)20)11-8(16)4-6(15)5-9(11)17/h2-5H,1H3. The number of aromatic nitrogens is 1. The predicted molar refractivity (Wildman–Crippen MR) is 81.0 cm³/mol. The third-order valence-corrected chi connectivity index (χ3v) is 3.65. The van der Waals surface area contributed by atoms with Crippen LogP contribution in [0, 0.1) is 0 Å². The monoisotopic (exact) mass is 383 g/mol. The van der Waals surface area contributed by atoms with Crippen molar-refractivity contribution >= 4 is 40.8 Å². The second kappa shape index (κ2) is 6.55. The number of nitrogens with zero attached hydrogens (tertiary/aromatic N) is 1. The van der Waals surface area contributed by atoms with Crippen molar-refractivity contribution in [3.8, 4) is 11.3 Å². The lowest BCUT2D eigenvalue weighted by atomic mass is 10.1. The number of halogens is 6. The SMILES string of the molecule is COC(=O)c1ccc(-c2c(Cl)cc(Cl)cc2Cl)nc1C(F)(F)F. The molecule has 3 nitrogen and oxygen atoms in total. The number of benzene rings is 1. The van der Waals surface area contributed by atoms with Gasteiger partial charge in [0, 0.05) is 10.6 Å². The van der Waals surface area contributed by atoms with Crippen LogP contribution >= 0.6 is 34.8 Å². The highest BCUT2D eigenvalue weighted by Gasteiger charge is 2.38. The van der Waals surface area contributed by atoms with Crippen LogP contribution < -0.4 is 0 Å². The minimum Gasteiger partial charge on any atom is -0.465 e. The summed E-state index contributed by atoms with van der Waals surface area (Å²) in [6, 6.07) is 4.81. The molecular formula is C14H7Cl3F3NO2. The molecule has 2 rings (SSSR count). The number of esters is 1. The maximum Gasteiger partial charge on any atom is 0.434 e. The number of carbonyl (C=O) groups excluding carboxylic acids is 1. The molecule has 0 unspecified atom stereocenters. The van der Waals surface area contributed by atoms with Gasteiger partial charge in [0.05, 0.1) is 28.4 Å². The van der Waals surface area contributed by atoms with E-state index < -0.39 is 23.4 Å². The number of rotatable bonds is 2. The zero-order chi connectivity index (χ0) is 17.4. The first kappa shape index (κ1) is 17.8. The highest BCUT2D eigenvalue weighted by Crippen LogP contribution is 2.38. The van der Waals surface area contributed by atoms with Crippen molar-refractivity contribution in [2.24, 2.45) is 0 Å². The average molecular weight is 385 g/mol. The largest absolute Gasteiger partial charge is 0.465 e. The normalized spacial score (nSPS) is 11.4. The summed E-state index contributed by atoms with van der Waals surface area (Å²) < 4.78 is 43.8. The first-order valence-corrected chi connectivity index (χ1v) is 7.10. The number of hydrogen-bond donors (Lipinski definition) is 0. The van der Waals surface area contributed by atoms with Crippen LogP contribution in [0.1, 0.15) is 16.1 Å². The third kappa shape index (κ3) is 3.71. The second-order valence-corrected chi connectivity index (χ2v) is 5.58. The minimum absolute atomic E-state index is 0.0361. The molecule has 0 aliphatic carbocycles. The van der Waals surface area contributed by atoms with Gasteiger partial charge in [0.2, 0.25) is 0 Å². The quantitative estimate of drug-likeness (QED) is 0.641. The molecule has 0 amide bonds. The average Bonchev–Trinajstić information content (AvgIpc) is 2.44. The van der Waals surface area contributed by atoms with Crippen molar-refractivity contribution in [1.29, 1.82) is 0 Å². The zero-order valence-electron chi connectivity index (χ0n) is 11.3. The molecule has 2 aromatic rings. The highest BCUT2D eigenvalue weighted by atomic mass is 35.5. The fraction of sp³-hybridized carbons (Fsp3) is 0.143. The molecule has 0 fully saturated rings. The van der Waals surface area contributed by atoms with E-state index in [1.165, 1.54) is 18.2 Å². The van der Waals surface area contributed by atoms with Gasteiger partial charge >= 0.3 is 12.1 Å². The number of carbonyl (C=O) groups is 1. The first-order chi connectivity index (χ1) is 10.6. The lowest BCUT2D eigenvalue weighted by molar-refractivity contribution is -0.141. The number of hydrogen-bond acceptors (Lipinski definition) is 3. The van der Waals surface area contributed by atoms with E-state index in [-0.39, 0.29) is 26.3 Å². The summed E-state index contributed by atoms with van der Waals surface area (Å²) in [5.41, 5.74) is -2.15. The van der Waals surface area contributed by atoms with E-state index in [1.54, 1.807) is 0 Å². The zero-order valence-corrected chi connectivity index (χ0v) is 13.6. The minimum atomic E-state index is -4.86. The van der Waals surface area contributed by atoms with Gasteiger partial charge in [0.25, 0.3) is 0 Å². The van der Waals surface area contributed by atoms with Crippen LogP contribution in [0.15, 0.2) is 24.3 Å². The Balaban J connectivity index is 2.70. The molecule has 0 atom stereocenters. The van der Waals surface area contributed by atoms with E-state index in [0.717, 1.165) is 13.2 Å². The van der Waals surface area contributed by atoms with Crippen LogP contribution in [0.4, 0.5) is 13.2 Å². The summed E-state index contributed by atoms with van der Waals surface area (Å²) in [6.07, 6.45) is -4.86. The number of alkyl halides is 3. The van der Waals surface area contributed by atoms with Crippen LogP contribution in [0.2, 0.25) is 15.1 Å². The predicted octanol–water partition coefficient (Wildman–Crippen LogP) is 5.51. The summed E-state index contributed by atoms with van der Waals surface area (Å²) in [5, 5.41) is 0.300. The van der Waals surface area contributed by atoms with E-state index in [4.69, 9.17) is 34.8 Å². The molecule has 0 saturated carbocycles. The lowest BCUT2D eigenvalue weighted by Crippen LogP contribution is -2.17. The topological polar surface area (TPSA) is 39.2 Å². The van der Waals surface area contributed by atoms with Crippen molar-refractivity contribution in [1.82, 2.24) is 4.98 Å². The van der Waals surface area contributed by atoms with E-state index in [1.807, 2.05) is 0 Å². The van der Waals surface area contributed by atoms with Gasteiger partial charge in [-0.3, -0.25) is 0 Å². The van der Waals surface area contributed by atoms with Crippen molar-refractivity contribution in [3.63, 3.8) is 0 Å². The first-order valence-electron chi connectivity index (χ1n) is 5.96. The summed E-state index contributed by atoms with van der Waals surface area (Å²) >= 11 is 17.7. The molecule has 0 bridgehead atoms. The van der Waals surface area contributed by atoms with Gasteiger partial charge in [-0.05, 0) is 24.3 Å². The van der Waals surface area contributed by atoms with Crippen LogP contribution in [-0.4, -0.2) is 18.1 Å². The van der Waals surface area contributed by atoms with Gasteiger partial charge in [0.15, 0.2) is 5.69 Å². The molecule has 1 heterocycles. The molecule has 0 N–H and O–H groups in total. The molecule has 1 aromatic carbocycles. The maximum absolute atomic E-state index is 13.1. The molecule has 0 radical (unpaired) electrons. The van der Waals surface area contributed by atoms with Gasteiger partial charge in [-0.25, -0.2) is 9.78 Å². The van der Waals surface area contributed by atoms with Gasteiger partial charge < -0.3 is 4.74 Å². The smallest absolute Gasteiger partial charge is 0.434 e. The van der Waals surface area contributed by atoms with E-state index in [2.05, 4.69) is 9.72 Å². The van der Waals surface area contributed by atoms with Gasteiger partial charge in [-0.1, -0.05) is 34.8 Å². The Hall–Kier alpha value is -1.50. The van der Waals surface area contributed by atoms with Crippen LogP contribution in [-0.2, 0) is 10.9 Å². The summed E-state index contributed by atoms with van der Waals surface area (Å²) in [6.45, 7) is 0. The van der Waals surface area contributed by atoms with Crippen LogP contribution in [0.25, 0.3) is 11.3 Å². The highest BCUT2D eigenvalue weighted by molar-refractivity contribution is 6.41. The molecule has 1 aromatic heterocycles. The summed E-state index contributed by atoms with van der Waals surface area (Å²) in [4.78, 5) is 15.0. The fourth-order valence-electron chi connectivity index (χ4n) is 1.88. The fourth-order valence-corrected chi connectivity index (χ4v) is 2.89. The molecule has 0 aliphatic heterocycles. The Bertz CT molecular complexity index is 755. The summed E-state index contributed by atoms with van der Waals surface area (Å²) in [5.74, 6) is -1.15. The molecule has 0 aliphatic rings. The van der Waals surface area contributed by atoms with Crippen molar-refractivity contribution in [3.05, 3.63) is 50.6 Å². The number of pyridine rings is 1. The Labute approximate surface area is 143 Å². The second-order valence-electron chi connectivity index (χ2n) is 4.33. The number of methoxy groups -OCH3 is 1. The summed E-state index contributed by atoms with van der Waals surface area (Å²) in [7, 11) is 0.976.